The molecule has 0 fully saturated rings. The van der Waals surface area contributed by atoms with E-state index in [2.05, 4.69) is 15.7 Å². The summed E-state index contributed by atoms with van der Waals surface area (Å²) in [5.74, 6) is -0.538. The number of aryl methyl sites for hydroxylation is 6. The summed E-state index contributed by atoms with van der Waals surface area (Å²) < 4.78 is 19.0. The molecule has 6 aromatic heterocycles. The van der Waals surface area contributed by atoms with Gasteiger partial charge in [0.25, 0.3) is 23.6 Å². The van der Waals surface area contributed by atoms with Gasteiger partial charge >= 0.3 is 0 Å². The normalized spacial score (nSPS) is 11.9. The van der Waals surface area contributed by atoms with Crippen molar-refractivity contribution in [1.29, 1.82) is 0 Å². The van der Waals surface area contributed by atoms with E-state index in [0.717, 1.165) is 5.56 Å². The van der Waals surface area contributed by atoms with E-state index in [-0.39, 0.29) is 42.0 Å². The number of primary amides is 2. The summed E-state index contributed by atoms with van der Waals surface area (Å²) in [4.78, 5) is 62.1. The van der Waals surface area contributed by atoms with Gasteiger partial charge in [-0.1, -0.05) is 12.2 Å². The number of hydrogen-bond donors (Lipinski definition) is 4. The zero-order chi connectivity index (χ0) is 41.2. The number of amides is 4. The second-order valence-electron chi connectivity index (χ2n) is 14.2. The van der Waals surface area contributed by atoms with E-state index < -0.39 is 17.7 Å². The monoisotopic (exact) mass is 783 g/mol. The number of aromatic nitrogens is 7. The molecule has 296 valence electrons. The van der Waals surface area contributed by atoms with Gasteiger partial charge in [0.1, 0.15) is 34.1 Å². The Balaban J connectivity index is 1.22. The lowest BCUT2D eigenvalue weighted by Crippen LogP contribution is -2.20. The van der Waals surface area contributed by atoms with E-state index in [1.807, 2.05) is 65.8 Å². The topological polar surface area (TPSA) is 229 Å². The third-order valence-corrected chi connectivity index (χ3v) is 10.0. The molecule has 0 bridgehead atoms. The number of nitrogens with one attached hydrogen (secondary N) is 2. The van der Waals surface area contributed by atoms with E-state index in [4.69, 9.17) is 30.3 Å². The third kappa shape index (κ3) is 6.35. The van der Waals surface area contributed by atoms with Crippen LogP contribution in [0.1, 0.15) is 78.3 Å². The van der Waals surface area contributed by atoms with E-state index in [1.54, 1.807) is 48.9 Å². The van der Waals surface area contributed by atoms with Crippen LogP contribution in [0.2, 0.25) is 0 Å². The molecule has 0 aliphatic heterocycles. The van der Waals surface area contributed by atoms with Gasteiger partial charge in [-0.15, -0.1) is 0 Å². The Morgan fingerprint density at radius 1 is 0.690 bits per heavy atom. The van der Waals surface area contributed by atoms with Gasteiger partial charge in [0.05, 0.1) is 38.9 Å². The van der Waals surface area contributed by atoms with Gasteiger partial charge in [-0.25, -0.2) is 9.97 Å². The van der Waals surface area contributed by atoms with Gasteiger partial charge in [-0.2, -0.15) is 5.10 Å². The summed E-state index contributed by atoms with van der Waals surface area (Å²) in [6.07, 6.45) is 5.68. The van der Waals surface area contributed by atoms with Crippen LogP contribution in [0.15, 0.2) is 63.6 Å². The predicted octanol–water partition coefficient (Wildman–Crippen LogP) is 6.11. The van der Waals surface area contributed by atoms with Crippen LogP contribution < -0.4 is 22.1 Å². The number of rotatable bonds is 12. The number of benzene rings is 2. The first-order valence-corrected chi connectivity index (χ1v) is 18.7. The molecule has 0 aliphatic carbocycles. The lowest BCUT2D eigenvalue weighted by atomic mass is 10.1. The smallest absolute Gasteiger partial charge is 0.276 e. The minimum atomic E-state index is -0.679. The fraction of sp³-hybridized carbons (Fsp3) is 0.244. The molecule has 17 heteroatoms. The molecule has 8 rings (SSSR count). The lowest BCUT2D eigenvalue weighted by Gasteiger charge is -2.11. The Labute approximate surface area is 330 Å². The van der Waals surface area contributed by atoms with Crippen LogP contribution in [0.5, 0.6) is 0 Å². The van der Waals surface area contributed by atoms with Crippen LogP contribution in [0.25, 0.3) is 44.0 Å². The van der Waals surface area contributed by atoms with Crippen molar-refractivity contribution in [3.05, 3.63) is 100 Å². The summed E-state index contributed by atoms with van der Waals surface area (Å²) in [6, 6.07) is 10.2. The van der Waals surface area contributed by atoms with Crippen LogP contribution in [-0.4, -0.2) is 57.1 Å². The molecule has 17 nitrogen and oxygen atoms in total. The number of anilines is 2. The first kappa shape index (κ1) is 37.5. The lowest BCUT2D eigenvalue weighted by molar-refractivity contribution is 0.0992. The Morgan fingerprint density at radius 2 is 1.19 bits per heavy atom. The maximum absolute atomic E-state index is 13.8. The molecule has 0 aliphatic rings. The first-order valence-electron chi connectivity index (χ1n) is 18.7. The summed E-state index contributed by atoms with van der Waals surface area (Å²) >= 11 is 0. The number of furan rings is 2. The second-order valence-corrected chi connectivity index (χ2v) is 14.2. The fourth-order valence-corrected chi connectivity index (χ4v) is 7.58. The molecule has 58 heavy (non-hydrogen) atoms. The van der Waals surface area contributed by atoms with Crippen LogP contribution in [-0.2, 0) is 26.2 Å². The van der Waals surface area contributed by atoms with Crippen molar-refractivity contribution < 1.29 is 28.0 Å². The summed E-state index contributed by atoms with van der Waals surface area (Å²) in [5, 5.41) is 11.6. The van der Waals surface area contributed by atoms with Crippen molar-refractivity contribution in [2.75, 3.05) is 10.6 Å². The Hall–Kier alpha value is -7.43. The van der Waals surface area contributed by atoms with Gasteiger partial charge in [-0.05, 0) is 83.5 Å². The Kier molecular flexibility index (Phi) is 9.22. The number of hydrogen-bond acceptors (Lipinski definition) is 9. The highest BCUT2D eigenvalue weighted by atomic mass is 16.3. The molecule has 6 N–H and O–H groups in total. The minimum Gasteiger partial charge on any atom is -0.460 e. The minimum absolute atomic E-state index is 0.163. The number of nitrogens with zero attached hydrogens (tertiary/aromatic N) is 7. The van der Waals surface area contributed by atoms with Crippen molar-refractivity contribution in [2.45, 2.75) is 67.7 Å². The Bertz CT molecular complexity index is 2830. The van der Waals surface area contributed by atoms with Crippen molar-refractivity contribution in [2.24, 2.45) is 11.5 Å². The van der Waals surface area contributed by atoms with Crippen LogP contribution in [0.4, 0.5) is 11.9 Å². The number of carbonyl (C=O) groups is 4. The highest BCUT2D eigenvalue weighted by Crippen LogP contribution is 2.35. The molecule has 2 aromatic carbocycles. The average molecular weight is 784 g/mol. The molecule has 8 aromatic rings. The second kappa shape index (κ2) is 14.3. The van der Waals surface area contributed by atoms with E-state index in [9.17, 15) is 19.2 Å². The highest BCUT2D eigenvalue weighted by Gasteiger charge is 2.25. The van der Waals surface area contributed by atoms with Gasteiger partial charge in [-0.3, -0.25) is 34.5 Å². The summed E-state index contributed by atoms with van der Waals surface area (Å²) in [6.45, 7) is 12.6. The molecular weight excluding hydrogens is 743 g/mol. The van der Waals surface area contributed by atoms with Gasteiger partial charge < -0.3 is 34.0 Å². The molecule has 4 amide bonds. The van der Waals surface area contributed by atoms with Gasteiger partial charge in [0, 0.05) is 43.1 Å². The maximum atomic E-state index is 13.8. The predicted molar refractivity (Wildman–Crippen MR) is 218 cm³/mol. The standard InChI is InChI=1S/C41H41N11O6/c1-7-49-19-20(3)13-30(49)38(55)46-40-44-28-17-26(36(42)53)34-24(15-22(5)57-34)32(28)50(40)11-9-10-12-51-33-25-16-23(6)58-35(25)27(37(43)54)18-29(33)45-41(51)47-39(56)31-14-21(4)48-52(31)8-2/h9-10,13-19H,7-8,11-12H2,1-6H3,(H2,42,53)(H2,43,54)(H,44,46,55)(H,45,47,56)/b10-9+. The largest absolute Gasteiger partial charge is 0.460 e. The molecule has 6 heterocycles. The number of fused-ring (bicyclic) bond motifs is 6. The first-order chi connectivity index (χ1) is 27.8. The van der Waals surface area contributed by atoms with Gasteiger partial charge in [0.2, 0.25) is 11.9 Å². The van der Waals surface area contributed by atoms with Crippen LogP contribution >= 0.6 is 0 Å². The number of allylic oxidation sites excluding steroid dienone is 2. The zero-order valence-corrected chi connectivity index (χ0v) is 32.8. The molecule has 0 spiro atoms. The summed E-state index contributed by atoms with van der Waals surface area (Å²) in [5.41, 5.74) is 17.0. The third-order valence-electron chi connectivity index (χ3n) is 10.0. The van der Waals surface area contributed by atoms with E-state index in [0.29, 0.717) is 85.7 Å². The molecular formula is C41H41N11O6. The van der Waals surface area contributed by atoms with E-state index in [1.165, 1.54) is 0 Å². The maximum Gasteiger partial charge on any atom is 0.276 e. The van der Waals surface area contributed by atoms with Gasteiger partial charge in [0.15, 0.2) is 0 Å². The molecule has 0 unspecified atom stereocenters. The van der Waals surface area contributed by atoms with Crippen molar-refractivity contribution in [3.8, 4) is 0 Å². The molecule has 0 atom stereocenters. The number of carbonyl (C=O) groups excluding carboxylic acids is 4. The highest BCUT2D eigenvalue weighted by molar-refractivity contribution is 6.16. The van der Waals surface area contributed by atoms with Crippen LogP contribution in [0.3, 0.4) is 0 Å². The molecule has 0 radical (unpaired) electrons. The van der Waals surface area contributed by atoms with Crippen LogP contribution in [0, 0.1) is 27.7 Å². The summed E-state index contributed by atoms with van der Waals surface area (Å²) in [7, 11) is 0. The SMILES string of the molecule is CCn1cc(C)cc1C(=O)Nc1nc2cc(C(N)=O)c3oc(C)cc3c2n1C/C=C/Cn1c(NC(=O)c2cc(C)nn2CC)nc2cc(C(N)=O)c3oc(C)cc3c21. The average Bonchev–Trinajstić information content (AvgIpc) is 4.02. The van der Waals surface area contributed by atoms with Crippen molar-refractivity contribution in [3.63, 3.8) is 0 Å². The fourth-order valence-electron chi connectivity index (χ4n) is 7.58. The Morgan fingerprint density at radius 3 is 1.66 bits per heavy atom. The number of imidazole rings is 2. The van der Waals surface area contributed by atoms with E-state index >= 15 is 0 Å². The van der Waals surface area contributed by atoms with Crippen molar-refractivity contribution >= 4 is 79.5 Å². The molecule has 0 saturated carbocycles. The quantitative estimate of drug-likeness (QED) is 0.105. The number of nitrogens with two attached hydrogens (primary N) is 2. The van der Waals surface area contributed by atoms with Crippen molar-refractivity contribution in [1.82, 2.24) is 33.4 Å². The zero-order valence-electron chi connectivity index (χ0n) is 32.8. The molecule has 0 saturated heterocycles.